The maximum atomic E-state index is 12.9. The Hall–Kier alpha value is -1.39. The quantitative estimate of drug-likeness (QED) is 0.915. The number of aromatic nitrogens is 3. The average Bonchev–Trinajstić information content (AvgIpc) is 2.81. The monoisotopic (exact) mass is 342 g/mol. The van der Waals surface area contributed by atoms with Crippen LogP contribution in [0.4, 0.5) is 0 Å². The molecule has 6 rings (SSSR count). The number of hydrogen-bond acceptors (Lipinski definition) is 3. The summed E-state index contributed by atoms with van der Waals surface area (Å²) in [6.45, 7) is 1.75. The molecule has 25 heavy (non-hydrogen) atoms. The summed E-state index contributed by atoms with van der Waals surface area (Å²) in [5.74, 6) is 6.01. The minimum absolute atomic E-state index is 0.295. The molecule has 1 amide bonds. The van der Waals surface area contributed by atoms with Crippen LogP contribution in [0.25, 0.3) is 0 Å². The van der Waals surface area contributed by atoms with Crippen LogP contribution in [0.2, 0.25) is 0 Å². The van der Waals surface area contributed by atoms with Gasteiger partial charge in [0.1, 0.15) is 11.6 Å². The van der Waals surface area contributed by atoms with E-state index in [1.165, 1.54) is 51.4 Å². The van der Waals surface area contributed by atoms with E-state index in [9.17, 15) is 4.79 Å². The first-order chi connectivity index (χ1) is 12.3. The Morgan fingerprint density at radius 1 is 1.00 bits per heavy atom. The summed E-state index contributed by atoms with van der Waals surface area (Å²) in [5.41, 5.74) is 0. The van der Waals surface area contributed by atoms with Gasteiger partial charge in [-0.1, -0.05) is 6.42 Å². The Labute approximate surface area is 150 Å². The number of hydrogen-bond donors (Lipinski definition) is 1. The summed E-state index contributed by atoms with van der Waals surface area (Å²) in [5, 5.41) is 12.0. The summed E-state index contributed by atoms with van der Waals surface area (Å²) < 4.78 is 2.29. The van der Waals surface area contributed by atoms with Gasteiger partial charge in [-0.25, -0.2) is 0 Å². The summed E-state index contributed by atoms with van der Waals surface area (Å²) in [6.07, 6.45) is 12.3. The van der Waals surface area contributed by atoms with E-state index < -0.39 is 0 Å². The van der Waals surface area contributed by atoms with Crippen molar-refractivity contribution in [1.82, 2.24) is 20.1 Å². The van der Waals surface area contributed by atoms with Crippen LogP contribution in [0.15, 0.2) is 0 Å². The van der Waals surface area contributed by atoms with Gasteiger partial charge in [-0.2, -0.15) is 0 Å². The molecule has 1 N–H and O–H groups in total. The molecule has 1 aliphatic heterocycles. The van der Waals surface area contributed by atoms with Crippen LogP contribution < -0.4 is 5.32 Å². The Morgan fingerprint density at radius 3 is 2.52 bits per heavy atom. The van der Waals surface area contributed by atoms with Crippen molar-refractivity contribution >= 4 is 5.91 Å². The Balaban J connectivity index is 1.18. The predicted octanol–water partition coefficient (Wildman–Crippen LogP) is 2.74. The number of amides is 1. The number of carbonyl (C=O) groups is 1. The lowest BCUT2D eigenvalue weighted by molar-refractivity contribution is -0.138. The van der Waals surface area contributed by atoms with Gasteiger partial charge in [0.2, 0.25) is 5.91 Å². The van der Waals surface area contributed by atoms with Crippen LogP contribution in [0, 0.1) is 29.6 Å². The van der Waals surface area contributed by atoms with E-state index >= 15 is 0 Å². The third kappa shape index (κ3) is 2.89. The molecule has 0 saturated heterocycles. The zero-order chi connectivity index (χ0) is 16.8. The molecule has 0 atom stereocenters. The Kier molecular flexibility index (Phi) is 4.05. The lowest BCUT2D eigenvalue weighted by Crippen LogP contribution is -2.51. The zero-order valence-corrected chi connectivity index (χ0v) is 15.1. The van der Waals surface area contributed by atoms with Gasteiger partial charge in [-0.15, -0.1) is 10.2 Å². The smallest absolute Gasteiger partial charge is 0.223 e. The molecule has 5 nitrogen and oxygen atoms in total. The summed E-state index contributed by atoms with van der Waals surface area (Å²) >= 11 is 0. The molecule has 0 unspecified atom stereocenters. The highest BCUT2D eigenvalue weighted by molar-refractivity contribution is 5.79. The van der Waals surface area contributed by atoms with E-state index in [0.717, 1.165) is 42.9 Å². The van der Waals surface area contributed by atoms with Crippen molar-refractivity contribution in [3.05, 3.63) is 11.6 Å². The van der Waals surface area contributed by atoms with Crippen molar-refractivity contribution in [2.75, 3.05) is 6.54 Å². The number of aryl methyl sites for hydroxylation is 1. The van der Waals surface area contributed by atoms with E-state index in [4.69, 9.17) is 0 Å². The highest BCUT2D eigenvalue weighted by Gasteiger charge is 2.50. The van der Waals surface area contributed by atoms with Gasteiger partial charge in [0.25, 0.3) is 0 Å². The number of carbonyl (C=O) groups excluding carboxylic acids is 1. The first-order valence-corrected chi connectivity index (χ1v) is 10.5. The molecule has 5 heteroatoms. The summed E-state index contributed by atoms with van der Waals surface area (Å²) in [6, 6.07) is 0. The number of nitrogens with one attached hydrogen (secondary N) is 1. The maximum absolute atomic E-state index is 12.9. The van der Waals surface area contributed by atoms with Crippen molar-refractivity contribution in [1.29, 1.82) is 0 Å². The molecule has 0 radical (unpaired) electrons. The third-order valence-electron chi connectivity index (χ3n) is 7.36. The maximum Gasteiger partial charge on any atom is 0.223 e. The normalized spacial score (nSPS) is 36.1. The van der Waals surface area contributed by atoms with Crippen LogP contribution >= 0.6 is 0 Å². The number of nitrogens with zero attached hydrogens (tertiary/aromatic N) is 3. The first-order valence-electron chi connectivity index (χ1n) is 10.5. The van der Waals surface area contributed by atoms with Gasteiger partial charge >= 0.3 is 0 Å². The van der Waals surface area contributed by atoms with Crippen molar-refractivity contribution in [2.24, 2.45) is 29.6 Å². The number of fused-ring (bicyclic) bond motifs is 1. The van der Waals surface area contributed by atoms with Gasteiger partial charge in [-0.05, 0) is 68.6 Å². The molecule has 1 aromatic heterocycles. The molecular formula is C20H30N4O. The van der Waals surface area contributed by atoms with Gasteiger partial charge < -0.3 is 9.88 Å². The minimum atomic E-state index is 0.295. The lowest BCUT2D eigenvalue weighted by atomic mass is 9.51. The molecule has 136 valence electrons. The topological polar surface area (TPSA) is 59.8 Å². The standard InChI is InChI=1S/C20H30N4O/c25-20(19-15-9-13-8-14(11-15)12-16(19)10-13)21-6-5-18-23-22-17-4-2-1-3-7-24(17)18/h13-16,19H,1-12H2,(H,21,25). The highest BCUT2D eigenvalue weighted by Crippen LogP contribution is 2.56. The van der Waals surface area contributed by atoms with Crippen molar-refractivity contribution < 1.29 is 4.79 Å². The van der Waals surface area contributed by atoms with Crippen LogP contribution in [0.1, 0.15) is 63.0 Å². The molecule has 5 aliphatic rings. The average molecular weight is 342 g/mol. The second-order valence-corrected chi connectivity index (χ2v) is 8.99. The SMILES string of the molecule is O=C(NCCc1nnc2n1CCCCC2)C1C2CC3CC(C2)CC1C3. The van der Waals surface area contributed by atoms with Crippen LogP contribution in [-0.2, 0) is 24.2 Å². The molecule has 4 saturated carbocycles. The molecule has 0 aromatic carbocycles. The van der Waals surface area contributed by atoms with Crippen LogP contribution in [0.5, 0.6) is 0 Å². The fourth-order valence-corrected chi connectivity index (χ4v) is 6.50. The molecule has 4 bridgehead atoms. The fraction of sp³-hybridized carbons (Fsp3) is 0.850. The zero-order valence-electron chi connectivity index (χ0n) is 15.1. The largest absolute Gasteiger partial charge is 0.355 e. The lowest BCUT2D eigenvalue weighted by Gasteiger charge is -2.53. The van der Waals surface area contributed by atoms with E-state index in [1.54, 1.807) is 0 Å². The van der Waals surface area contributed by atoms with Crippen LogP contribution in [-0.4, -0.2) is 27.2 Å². The van der Waals surface area contributed by atoms with E-state index in [2.05, 4.69) is 20.1 Å². The second-order valence-electron chi connectivity index (χ2n) is 8.99. The van der Waals surface area contributed by atoms with Crippen molar-refractivity contribution in [3.8, 4) is 0 Å². The molecule has 1 aromatic rings. The fourth-order valence-electron chi connectivity index (χ4n) is 6.50. The summed E-state index contributed by atoms with van der Waals surface area (Å²) in [4.78, 5) is 12.9. The van der Waals surface area contributed by atoms with Crippen molar-refractivity contribution in [2.45, 2.75) is 70.8 Å². The van der Waals surface area contributed by atoms with Gasteiger partial charge in [0.15, 0.2) is 0 Å². The molecule has 2 heterocycles. The Bertz CT molecular complexity index is 624. The molecular weight excluding hydrogens is 312 g/mol. The molecule has 4 fully saturated rings. The molecule has 4 aliphatic carbocycles. The summed E-state index contributed by atoms with van der Waals surface area (Å²) in [7, 11) is 0. The van der Waals surface area contributed by atoms with E-state index in [0.29, 0.717) is 30.2 Å². The van der Waals surface area contributed by atoms with Crippen LogP contribution in [0.3, 0.4) is 0 Å². The minimum Gasteiger partial charge on any atom is -0.355 e. The second kappa shape index (κ2) is 6.40. The van der Waals surface area contributed by atoms with Gasteiger partial charge in [0.05, 0.1) is 0 Å². The third-order valence-corrected chi connectivity index (χ3v) is 7.36. The van der Waals surface area contributed by atoms with E-state index in [-0.39, 0.29) is 0 Å². The Morgan fingerprint density at radius 2 is 1.76 bits per heavy atom. The van der Waals surface area contributed by atoms with Gasteiger partial charge in [-0.3, -0.25) is 4.79 Å². The first kappa shape index (κ1) is 15.8. The van der Waals surface area contributed by atoms with Crippen molar-refractivity contribution in [3.63, 3.8) is 0 Å². The van der Waals surface area contributed by atoms with Gasteiger partial charge in [0, 0.05) is 31.8 Å². The number of rotatable bonds is 4. The molecule has 0 spiro atoms. The highest BCUT2D eigenvalue weighted by atomic mass is 16.1. The predicted molar refractivity (Wildman–Crippen MR) is 94.8 cm³/mol. The van der Waals surface area contributed by atoms with E-state index in [1.807, 2.05) is 0 Å².